The summed E-state index contributed by atoms with van der Waals surface area (Å²) in [6, 6.07) is 10.8. The van der Waals surface area contributed by atoms with Crippen LogP contribution in [0.25, 0.3) is 5.57 Å². The molecule has 2 aromatic carbocycles. The Morgan fingerprint density at radius 2 is 1.54 bits per heavy atom. The van der Waals surface area contributed by atoms with E-state index in [9.17, 15) is 26.4 Å². The molecule has 54 heavy (non-hydrogen) atoms. The zero-order chi connectivity index (χ0) is 39.7. The summed E-state index contributed by atoms with van der Waals surface area (Å²) in [7, 11) is -7.42. The van der Waals surface area contributed by atoms with Crippen molar-refractivity contribution in [1.29, 1.82) is 0 Å². The Morgan fingerprint density at radius 3 is 2.20 bits per heavy atom. The summed E-state index contributed by atoms with van der Waals surface area (Å²) >= 11 is 0. The number of hydrogen-bond acceptors (Lipinski definition) is 10. The van der Waals surface area contributed by atoms with Gasteiger partial charge >= 0.3 is 5.97 Å². The number of carbonyl (C=O) groups excluding carboxylic acids is 2. The summed E-state index contributed by atoms with van der Waals surface area (Å²) in [6.45, 7) is 10.6. The first-order chi connectivity index (χ1) is 25.7. The molecule has 0 unspecified atom stereocenters. The van der Waals surface area contributed by atoms with Crippen LogP contribution in [0.3, 0.4) is 0 Å². The molecule has 3 rings (SSSR count). The number of aryl methyl sites for hydroxylation is 3. The number of ether oxygens (including phenoxy) is 1. The predicted molar refractivity (Wildman–Crippen MR) is 215 cm³/mol. The van der Waals surface area contributed by atoms with E-state index in [0.29, 0.717) is 110 Å². The van der Waals surface area contributed by atoms with Crippen LogP contribution in [0.2, 0.25) is 0 Å². The molecule has 13 nitrogen and oxygen atoms in total. The number of nitrogens with two attached hydrogens (primary N) is 1. The molecule has 0 heterocycles. The molecule has 0 radical (unpaired) electrons. The lowest BCUT2D eigenvalue weighted by molar-refractivity contribution is -0.128. The predicted octanol–water partition coefficient (Wildman–Crippen LogP) is 4.31. The molecule has 0 fully saturated rings. The second kappa shape index (κ2) is 21.8. The molecule has 1 amide bonds. The number of sulfonamides is 1. The molecule has 0 bridgehead atoms. The van der Waals surface area contributed by atoms with Gasteiger partial charge in [0.05, 0.1) is 22.8 Å². The minimum atomic E-state index is -4.03. The molecule has 1 aliphatic carbocycles. The van der Waals surface area contributed by atoms with Gasteiger partial charge in [0.2, 0.25) is 10.0 Å². The van der Waals surface area contributed by atoms with Gasteiger partial charge in [0.1, 0.15) is 5.75 Å². The fourth-order valence-corrected chi connectivity index (χ4v) is 7.60. The highest BCUT2D eigenvalue weighted by Gasteiger charge is 2.25. The summed E-state index contributed by atoms with van der Waals surface area (Å²) in [6.07, 6.45) is 9.87. The first-order valence-corrected chi connectivity index (χ1v) is 21.6. The van der Waals surface area contributed by atoms with Crippen LogP contribution in [0.1, 0.15) is 71.6 Å². The number of carbonyl (C=O) groups is 2. The fourth-order valence-electron chi connectivity index (χ4n) is 5.94. The third-order valence-corrected chi connectivity index (χ3v) is 10.9. The van der Waals surface area contributed by atoms with E-state index < -0.39 is 26.1 Å². The summed E-state index contributed by atoms with van der Waals surface area (Å²) in [5, 5.41) is 2.93. The molecular formula is C39H55N5O8S2. The Hall–Kier alpha value is -3.99. The molecular weight excluding hydrogens is 731 g/mol. The van der Waals surface area contributed by atoms with Crippen LogP contribution in [0.4, 0.5) is 0 Å². The van der Waals surface area contributed by atoms with Crippen molar-refractivity contribution in [2.45, 2.75) is 59.8 Å². The van der Waals surface area contributed by atoms with Crippen LogP contribution in [0, 0.1) is 20.8 Å². The van der Waals surface area contributed by atoms with Gasteiger partial charge in [0.25, 0.3) is 16.0 Å². The van der Waals surface area contributed by atoms with E-state index in [2.05, 4.69) is 14.9 Å². The summed E-state index contributed by atoms with van der Waals surface area (Å²) in [5.41, 5.74) is 10.2. The third kappa shape index (κ3) is 14.7. The molecule has 0 spiro atoms. The lowest BCUT2D eigenvalue weighted by Crippen LogP contribution is -2.32. The van der Waals surface area contributed by atoms with Crippen molar-refractivity contribution in [3.63, 3.8) is 0 Å². The lowest BCUT2D eigenvalue weighted by atomic mass is 9.91. The van der Waals surface area contributed by atoms with Crippen molar-refractivity contribution < 1.29 is 35.7 Å². The monoisotopic (exact) mass is 785 g/mol. The van der Waals surface area contributed by atoms with E-state index in [-0.39, 0.29) is 24.0 Å². The Balaban J connectivity index is 1.77. The van der Waals surface area contributed by atoms with Crippen molar-refractivity contribution in [1.82, 2.24) is 14.9 Å². The van der Waals surface area contributed by atoms with Gasteiger partial charge < -0.3 is 20.7 Å². The molecule has 5 N–H and O–H groups in total. The average molecular weight is 786 g/mol. The van der Waals surface area contributed by atoms with Gasteiger partial charge in [0, 0.05) is 30.8 Å². The van der Waals surface area contributed by atoms with Crippen LogP contribution < -0.4 is 20.5 Å². The van der Waals surface area contributed by atoms with E-state index in [1.807, 2.05) is 50.3 Å². The molecule has 0 atom stereocenters. The van der Waals surface area contributed by atoms with Crippen molar-refractivity contribution in [3.8, 4) is 5.75 Å². The standard InChI is InChI=1S/C39H55N5O8S2/c1-5-19-43-53(47,48)25-12-21-41-35-17-9-8-16-34(35)36(33-15-7-6-14-29(33)2)39(46)52-37-30(3)27-32(28-31(37)4)38(45)42-20-11-23-44(22-10-18-40)24-13-26-54(49,50)51/h6-9,14-17,27-28,43H,5,10-13,18-26,40H2,1-4H3,(H,42,45)(H,49,50,51)/b36-34+,41-35+. The lowest BCUT2D eigenvalue weighted by Gasteiger charge is -2.22. The number of nitrogens with zero attached hydrogens (tertiary/aromatic N) is 2. The Kier molecular flexibility index (Phi) is 17.9. The van der Waals surface area contributed by atoms with Crippen LogP contribution in [-0.4, -0.2) is 101 Å². The Labute approximate surface area is 320 Å². The van der Waals surface area contributed by atoms with E-state index >= 15 is 0 Å². The fraction of sp³-hybridized carbons (Fsp3) is 0.462. The molecule has 0 aromatic heterocycles. The quantitative estimate of drug-likeness (QED) is 0.0439. The average Bonchev–Trinajstić information content (AvgIpc) is 3.12. The Bertz CT molecular complexity index is 1930. The Morgan fingerprint density at radius 1 is 0.870 bits per heavy atom. The van der Waals surface area contributed by atoms with Crippen LogP contribution >= 0.6 is 0 Å². The van der Waals surface area contributed by atoms with Crippen LogP contribution in [0.5, 0.6) is 5.75 Å². The number of rotatable bonds is 22. The van der Waals surface area contributed by atoms with Gasteiger partial charge in [-0.25, -0.2) is 17.9 Å². The topological polar surface area (TPSA) is 198 Å². The molecule has 15 heteroatoms. The molecule has 0 saturated carbocycles. The number of aliphatic imine (C=N–C) groups is 1. The second-order valence-electron chi connectivity index (χ2n) is 13.2. The minimum Gasteiger partial charge on any atom is -0.422 e. The first kappa shape index (κ1) is 44.4. The SMILES string of the molecule is CCCNS(=O)(=O)CCC/N=C1\C=CC=C\C1=C(/C(=O)Oc1c(C)cc(C(=O)NCCCN(CCCN)CCCS(=O)(=O)O)cc1C)c1ccccc1C. The van der Waals surface area contributed by atoms with Crippen molar-refractivity contribution in [3.05, 3.63) is 94.1 Å². The summed E-state index contributed by atoms with van der Waals surface area (Å²) < 4.78 is 64.5. The van der Waals surface area contributed by atoms with Crippen LogP contribution in [-0.2, 0) is 24.9 Å². The van der Waals surface area contributed by atoms with E-state index in [1.165, 1.54) is 0 Å². The third-order valence-electron chi connectivity index (χ3n) is 8.63. The number of allylic oxidation sites excluding steroid dienone is 5. The smallest absolute Gasteiger partial charge is 0.344 e. The van der Waals surface area contributed by atoms with E-state index in [0.717, 1.165) is 12.0 Å². The molecule has 0 saturated heterocycles. The maximum absolute atomic E-state index is 14.2. The normalized spacial score (nSPS) is 14.8. The highest BCUT2D eigenvalue weighted by Crippen LogP contribution is 2.31. The summed E-state index contributed by atoms with van der Waals surface area (Å²) in [4.78, 5) is 34.1. The maximum Gasteiger partial charge on any atom is 0.344 e. The number of benzene rings is 2. The van der Waals surface area contributed by atoms with Gasteiger partial charge in [0.15, 0.2) is 0 Å². The van der Waals surface area contributed by atoms with E-state index in [4.69, 9.17) is 20.0 Å². The maximum atomic E-state index is 14.2. The van der Waals surface area contributed by atoms with Crippen molar-refractivity contribution in [2.24, 2.45) is 10.7 Å². The second-order valence-corrected chi connectivity index (χ2v) is 16.7. The molecule has 296 valence electrons. The number of amides is 1. The van der Waals surface area contributed by atoms with Gasteiger partial charge in [-0.3, -0.25) is 14.3 Å². The van der Waals surface area contributed by atoms with Gasteiger partial charge in [-0.05, 0) is 120 Å². The largest absolute Gasteiger partial charge is 0.422 e. The highest BCUT2D eigenvalue weighted by molar-refractivity contribution is 7.89. The van der Waals surface area contributed by atoms with Gasteiger partial charge in [-0.1, -0.05) is 49.4 Å². The highest BCUT2D eigenvalue weighted by atomic mass is 32.2. The number of esters is 1. The van der Waals surface area contributed by atoms with Gasteiger partial charge in [-0.2, -0.15) is 8.42 Å². The minimum absolute atomic E-state index is 0.0581. The van der Waals surface area contributed by atoms with Crippen LogP contribution in [0.15, 0.2) is 71.3 Å². The van der Waals surface area contributed by atoms with Crippen molar-refractivity contribution in [2.75, 3.05) is 57.3 Å². The van der Waals surface area contributed by atoms with Gasteiger partial charge in [-0.15, -0.1) is 0 Å². The number of hydrogen-bond donors (Lipinski definition) is 4. The number of nitrogens with one attached hydrogen (secondary N) is 2. The first-order valence-electron chi connectivity index (χ1n) is 18.3. The van der Waals surface area contributed by atoms with Crippen molar-refractivity contribution >= 4 is 43.3 Å². The molecule has 1 aliphatic rings. The molecule has 0 aliphatic heterocycles. The zero-order valence-corrected chi connectivity index (χ0v) is 33.4. The molecule has 2 aromatic rings. The summed E-state index contributed by atoms with van der Waals surface area (Å²) in [5.74, 6) is -0.915. The van der Waals surface area contributed by atoms with E-state index in [1.54, 1.807) is 38.1 Å². The zero-order valence-electron chi connectivity index (χ0n) is 31.8.